The van der Waals surface area contributed by atoms with Gasteiger partial charge in [-0.2, -0.15) is 0 Å². The summed E-state index contributed by atoms with van der Waals surface area (Å²) in [6.07, 6.45) is 3.26. The molecule has 2 fully saturated rings. The molecule has 3 rings (SSSR count). The molecule has 2 aliphatic heterocycles. The van der Waals surface area contributed by atoms with Crippen molar-refractivity contribution >= 4 is 11.6 Å². The maximum Gasteiger partial charge on any atom is 0.191 e. The lowest BCUT2D eigenvalue weighted by Crippen LogP contribution is -2.45. The maximum absolute atomic E-state index is 14.0. The van der Waals surface area contributed by atoms with Crippen molar-refractivity contribution in [3.05, 3.63) is 29.8 Å². The second-order valence-corrected chi connectivity index (χ2v) is 7.29. The minimum atomic E-state index is -0.503. The fourth-order valence-corrected chi connectivity index (χ4v) is 4.10. The molecular weight excluding hydrogens is 348 g/mol. The molecule has 2 atom stereocenters. The minimum Gasteiger partial charge on any atom is -0.365 e. The van der Waals surface area contributed by atoms with E-state index in [1.54, 1.807) is 4.90 Å². The molecule has 0 spiro atoms. The van der Waals surface area contributed by atoms with Crippen molar-refractivity contribution in [1.82, 2.24) is 15.5 Å². The first-order valence-corrected chi connectivity index (χ1v) is 10.1. The summed E-state index contributed by atoms with van der Waals surface area (Å²) in [5.74, 6) is -0.212. The summed E-state index contributed by atoms with van der Waals surface area (Å²) in [6, 6.07) is 4.65. The van der Waals surface area contributed by atoms with Crippen LogP contribution in [0.25, 0.3) is 0 Å². The lowest BCUT2D eigenvalue weighted by molar-refractivity contribution is 0.273. The second kappa shape index (κ2) is 9.35. The number of benzene rings is 1. The molecular formula is C20H31F2N5. The predicted molar refractivity (Wildman–Crippen MR) is 106 cm³/mol. The number of nitrogens with zero attached hydrogens (tertiary/aromatic N) is 3. The first-order chi connectivity index (χ1) is 13.1. The topological polar surface area (TPSA) is 42.9 Å². The summed E-state index contributed by atoms with van der Waals surface area (Å²) in [7, 11) is 0. The molecule has 0 saturated carbocycles. The molecule has 150 valence electrons. The smallest absolute Gasteiger partial charge is 0.191 e. The van der Waals surface area contributed by atoms with E-state index in [0.29, 0.717) is 19.1 Å². The van der Waals surface area contributed by atoms with E-state index in [1.807, 2.05) is 6.92 Å². The second-order valence-electron chi connectivity index (χ2n) is 7.29. The highest BCUT2D eigenvalue weighted by Crippen LogP contribution is 2.26. The highest BCUT2D eigenvalue weighted by molar-refractivity contribution is 5.80. The van der Waals surface area contributed by atoms with E-state index < -0.39 is 11.6 Å². The molecule has 1 aromatic rings. The van der Waals surface area contributed by atoms with Crippen molar-refractivity contribution in [1.29, 1.82) is 0 Å². The van der Waals surface area contributed by atoms with Gasteiger partial charge < -0.3 is 15.5 Å². The van der Waals surface area contributed by atoms with Gasteiger partial charge in [0.05, 0.1) is 6.54 Å². The molecule has 0 amide bonds. The zero-order chi connectivity index (χ0) is 19.2. The van der Waals surface area contributed by atoms with Gasteiger partial charge in [0.25, 0.3) is 0 Å². The van der Waals surface area contributed by atoms with E-state index in [9.17, 15) is 8.78 Å². The SMILES string of the molecule is CCNC(=NCC1CCCN1CC)NC1CCN(c2c(F)cccc2F)C1. The normalized spacial score (nSPS) is 23.9. The Hall–Kier alpha value is -1.89. The molecule has 2 N–H and O–H groups in total. The maximum atomic E-state index is 14.0. The van der Waals surface area contributed by atoms with Gasteiger partial charge in [0.15, 0.2) is 5.96 Å². The number of nitrogens with one attached hydrogen (secondary N) is 2. The summed E-state index contributed by atoms with van der Waals surface area (Å²) in [5.41, 5.74) is 0.0771. The fourth-order valence-electron chi connectivity index (χ4n) is 4.10. The standard InChI is InChI=1S/C20H31F2N5/c1-3-23-20(24-13-16-7-6-11-26(16)4-2)25-15-10-12-27(14-15)19-17(21)8-5-9-18(19)22/h5,8-9,15-16H,3-4,6-7,10-14H2,1-2H3,(H2,23,24,25). The monoisotopic (exact) mass is 379 g/mol. The third-order valence-corrected chi connectivity index (χ3v) is 5.49. The summed E-state index contributed by atoms with van der Waals surface area (Å²) in [5, 5.41) is 6.74. The quantitative estimate of drug-likeness (QED) is 0.589. The average molecular weight is 379 g/mol. The third-order valence-electron chi connectivity index (χ3n) is 5.49. The van der Waals surface area contributed by atoms with Crippen molar-refractivity contribution in [2.75, 3.05) is 44.2 Å². The van der Waals surface area contributed by atoms with Gasteiger partial charge in [-0.25, -0.2) is 8.78 Å². The molecule has 5 nitrogen and oxygen atoms in total. The van der Waals surface area contributed by atoms with Gasteiger partial charge in [-0.1, -0.05) is 13.0 Å². The van der Waals surface area contributed by atoms with Crippen LogP contribution in [0.2, 0.25) is 0 Å². The number of guanidine groups is 1. The molecule has 0 radical (unpaired) electrons. The Labute approximate surface area is 160 Å². The lowest BCUT2D eigenvalue weighted by Gasteiger charge is -2.23. The Bertz CT molecular complexity index is 631. The van der Waals surface area contributed by atoms with Crippen molar-refractivity contribution in [3.63, 3.8) is 0 Å². The van der Waals surface area contributed by atoms with Gasteiger partial charge in [-0.15, -0.1) is 0 Å². The van der Waals surface area contributed by atoms with E-state index in [0.717, 1.165) is 38.6 Å². The number of aliphatic imine (C=N–C) groups is 1. The van der Waals surface area contributed by atoms with Gasteiger partial charge in [0.1, 0.15) is 17.3 Å². The largest absolute Gasteiger partial charge is 0.365 e. The summed E-state index contributed by atoms with van der Waals surface area (Å²) >= 11 is 0. The van der Waals surface area contributed by atoms with Crippen LogP contribution in [0.15, 0.2) is 23.2 Å². The number of likely N-dealkylation sites (tertiary alicyclic amines) is 1. The molecule has 1 aromatic carbocycles. The summed E-state index contributed by atoms with van der Waals surface area (Å²) < 4.78 is 28.1. The highest BCUT2D eigenvalue weighted by Gasteiger charge is 2.27. The van der Waals surface area contributed by atoms with Gasteiger partial charge in [0.2, 0.25) is 0 Å². The number of hydrogen-bond donors (Lipinski definition) is 2. The first kappa shape index (κ1) is 19.9. The Kier molecular flexibility index (Phi) is 6.88. The molecule has 7 heteroatoms. The Balaban J connectivity index is 1.59. The minimum absolute atomic E-state index is 0.0771. The molecule has 2 unspecified atom stereocenters. The van der Waals surface area contributed by atoms with E-state index in [-0.39, 0.29) is 11.7 Å². The van der Waals surface area contributed by atoms with Crippen molar-refractivity contribution < 1.29 is 8.78 Å². The molecule has 0 aliphatic carbocycles. The third kappa shape index (κ3) is 4.89. The van der Waals surface area contributed by atoms with E-state index >= 15 is 0 Å². The highest BCUT2D eigenvalue weighted by atomic mass is 19.1. The lowest BCUT2D eigenvalue weighted by atomic mass is 10.2. The molecule has 0 bridgehead atoms. The molecule has 2 aliphatic rings. The van der Waals surface area contributed by atoms with Crippen LogP contribution in [0.3, 0.4) is 0 Å². The Morgan fingerprint density at radius 3 is 2.67 bits per heavy atom. The van der Waals surface area contributed by atoms with Crippen LogP contribution in [0.1, 0.15) is 33.1 Å². The number of para-hydroxylation sites is 1. The molecule has 2 saturated heterocycles. The molecule has 2 heterocycles. The van der Waals surface area contributed by atoms with E-state index in [4.69, 9.17) is 4.99 Å². The van der Waals surface area contributed by atoms with Crippen LogP contribution in [-0.2, 0) is 0 Å². The number of halogens is 2. The zero-order valence-electron chi connectivity index (χ0n) is 16.3. The predicted octanol–water partition coefficient (Wildman–Crippen LogP) is 2.58. The number of hydrogen-bond acceptors (Lipinski definition) is 3. The summed E-state index contributed by atoms with van der Waals surface area (Å²) in [6.45, 7) is 9.21. The van der Waals surface area contributed by atoms with Crippen LogP contribution in [-0.4, -0.2) is 62.2 Å². The molecule has 27 heavy (non-hydrogen) atoms. The van der Waals surface area contributed by atoms with Gasteiger partial charge >= 0.3 is 0 Å². The van der Waals surface area contributed by atoms with Crippen molar-refractivity contribution in [2.45, 2.75) is 45.2 Å². The first-order valence-electron chi connectivity index (χ1n) is 10.1. The van der Waals surface area contributed by atoms with E-state index in [2.05, 4.69) is 22.5 Å². The van der Waals surface area contributed by atoms with Crippen LogP contribution in [0, 0.1) is 11.6 Å². The molecule has 0 aromatic heterocycles. The zero-order valence-corrected chi connectivity index (χ0v) is 16.3. The van der Waals surface area contributed by atoms with Crippen molar-refractivity contribution in [3.8, 4) is 0 Å². The number of rotatable bonds is 6. The Morgan fingerprint density at radius 2 is 1.96 bits per heavy atom. The van der Waals surface area contributed by atoms with E-state index in [1.165, 1.54) is 31.0 Å². The van der Waals surface area contributed by atoms with Crippen LogP contribution >= 0.6 is 0 Å². The Morgan fingerprint density at radius 1 is 1.19 bits per heavy atom. The average Bonchev–Trinajstić information content (AvgIpc) is 3.29. The number of likely N-dealkylation sites (N-methyl/N-ethyl adjacent to an activating group) is 1. The summed E-state index contributed by atoms with van der Waals surface area (Å²) in [4.78, 5) is 9.03. The van der Waals surface area contributed by atoms with Crippen LogP contribution in [0.4, 0.5) is 14.5 Å². The van der Waals surface area contributed by atoms with Crippen LogP contribution < -0.4 is 15.5 Å². The van der Waals surface area contributed by atoms with Gasteiger partial charge in [-0.3, -0.25) is 9.89 Å². The van der Waals surface area contributed by atoms with Gasteiger partial charge in [0, 0.05) is 31.7 Å². The van der Waals surface area contributed by atoms with Crippen molar-refractivity contribution in [2.24, 2.45) is 4.99 Å². The number of anilines is 1. The fraction of sp³-hybridized carbons (Fsp3) is 0.650. The van der Waals surface area contributed by atoms with Gasteiger partial charge in [-0.05, 0) is 51.4 Å². The van der Waals surface area contributed by atoms with Crippen LogP contribution in [0.5, 0.6) is 0 Å².